The second-order valence-corrected chi connectivity index (χ2v) is 8.22. The molecule has 0 aliphatic heterocycles. The fourth-order valence-electron chi connectivity index (χ4n) is 3.18. The third kappa shape index (κ3) is 7.73. The van der Waals surface area contributed by atoms with Gasteiger partial charge in [-0.15, -0.1) is 0 Å². The fraction of sp³-hybridized carbons (Fsp3) is 0.440. The van der Waals surface area contributed by atoms with E-state index >= 15 is 0 Å². The van der Waals surface area contributed by atoms with E-state index in [1.54, 1.807) is 0 Å². The van der Waals surface area contributed by atoms with E-state index in [4.69, 9.17) is 0 Å². The van der Waals surface area contributed by atoms with Crippen LogP contribution < -0.4 is 0 Å². The zero-order valence-electron chi connectivity index (χ0n) is 16.3. The Hall–Kier alpha value is -1.82. The van der Waals surface area contributed by atoms with Crippen LogP contribution in [0.15, 0.2) is 60.7 Å². The summed E-state index contributed by atoms with van der Waals surface area (Å²) in [7, 11) is 0. The Morgan fingerprint density at radius 1 is 0.760 bits per heavy atom. The summed E-state index contributed by atoms with van der Waals surface area (Å²) in [6, 6.07) is 19.3. The molecule has 0 atom stereocenters. The van der Waals surface area contributed by atoms with Crippen molar-refractivity contribution in [1.29, 1.82) is 0 Å². The molecule has 0 amide bonds. The molecule has 0 heterocycles. The van der Waals surface area contributed by atoms with Crippen molar-refractivity contribution >= 4 is 6.08 Å². The van der Waals surface area contributed by atoms with E-state index < -0.39 is 0 Å². The predicted octanol–water partition coefficient (Wildman–Crippen LogP) is 8.39. The maximum Gasteiger partial charge on any atom is 0 e. The van der Waals surface area contributed by atoms with Crippen LogP contribution >= 0.6 is 0 Å². The standard InChI is InChI=1S/C25H34.H2/c1-25(2,3)21-15-8-6-4-5-7-10-16-23-19-13-14-20-24(23)22-17-11-9-12-18-22;/h9-14,16-20H,4-8,15,21H2,1-3H3;1H/b16-10-;. The van der Waals surface area contributed by atoms with Gasteiger partial charge >= 0.3 is 0 Å². The molecule has 0 fully saturated rings. The highest BCUT2D eigenvalue weighted by Crippen LogP contribution is 2.25. The molecule has 0 saturated carbocycles. The summed E-state index contributed by atoms with van der Waals surface area (Å²) in [4.78, 5) is 0. The van der Waals surface area contributed by atoms with Crippen LogP contribution in [0, 0.1) is 5.41 Å². The Kier molecular flexibility index (Phi) is 7.98. The number of hydrogen-bond donors (Lipinski definition) is 0. The van der Waals surface area contributed by atoms with Crippen LogP contribution in [0.3, 0.4) is 0 Å². The van der Waals surface area contributed by atoms with Crippen LogP contribution in [-0.2, 0) is 0 Å². The van der Waals surface area contributed by atoms with E-state index in [9.17, 15) is 0 Å². The Labute approximate surface area is 156 Å². The molecule has 2 aromatic rings. The van der Waals surface area contributed by atoms with E-state index in [0.29, 0.717) is 5.41 Å². The van der Waals surface area contributed by atoms with Gasteiger partial charge in [0.05, 0.1) is 0 Å². The Bertz CT molecular complexity index is 635. The van der Waals surface area contributed by atoms with E-state index in [1.165, 1.54) is 61.6 Å². The number of allylic oxidation sites excluding steroid dienone is 1. The monoisotopic (exact) mass is 336 g/mol. The van der Waals surface area contributed by atoms with Gasteiger partial charge < -0.3 is 0 Å². The molecule has 0 nitrogen and oxygen atoms in total. The van der Waals surface area contributed by atoms with Crippen LogP contribution in [0.4, 0.5) is 0 Å². The summed E-state index contributed by atoms with van der Waals surface area (Å²) in [5, 5.41) is 0. The van der Waals surface area contributed by atoms with Gasteiger partial charge in [-0.25, -0.2) is 0 Å². The maximum absolute atomic E-state index is 2.34. The molecule has 2 aromatic carbocycles. The summed E-state index contributed by atoms with van der Waals surface area (Å²) in [5.41, 5.74) is 4.43. The van der Waals surface area contributed by atoms with Crippen molar-refractivity contribution in [3.63, 3.8) is 0 Å². The lowest BCUT2D eigenvalue weighted by molar-refractivity contribution is 0.356. The highest BCUT2D eigenvalue weighted by molar-refractivity contribution is 5.75. The Morgan fingerprint density at radius 3 is 2.16 bits per heavy atom. The van der Waals surface area contributed by atoms with Gasteiger partial charge in [-0.3, -0.25) is 0 Å². The van der Waals surface area contributed by atoms with Crippen molar-refractivity contribution in [3.05, 3.63) is 66.2 Å². The van der Waals surface area contributed by atoms with Crippen molar-refractivity contribution in [2.24, 2.45) is 5.41 Å². The summed E-state index contributed by atoms with van der Waals surface area (Å²) in [6.45, 7) is 7.02. The lowest BCUT2D eigenvalue weighted by Crippen LogP contribution is -2.03. The third-order valence-corrected chi connectivity index (χ3v) is 4.64. The van der Waals surface area contributed by atoms with Gasteiger partial charge in [0.15, 0.2) is 0 Å². The predicted molar refractivity (Wildman–Crippen MR) is 115 cm³/mol. The Balaban J connectivity index is 0.00000338. The van der Waals surface area contributed by atoms with Crippen molar-refractivity contribution in [2.45, 2.75) is 65.7 Å². The van der Waals surface area contributed by atoms with Gasteiger partial charge in [0.25, 0.3) is 0 Å². The molecule has 0 aliphatic carbocycles. The molecule has 0 N–H and O–H groups in total. The normalized spacial score (nSPS) is 12.0. The van der Waals surface area contributed by atoms with Gasteiger partial charge in [-0.2, -0.15) is 0 Å². The molecule has 25 heavy (non-hydrogen) atoms. The molecule has 0 heteroatoms. The average Bonchev–Trinajstić information content (AvgIpc) is 2.60. The first-order valence-corrected chi connectivity index (χ1v) is 9.87. The SMILES string of the molecule is CC(C)(C)CCCCCCC/C=C\c1ccccc1-c1ccccc1.[HH]. The maximum atomic E-state index is 2.34. The van der Waals surface area contributed by atoms with Gasteiger partial charge in [-0.05, 0) is 41.4 Å². The third-order valence-electron chi connectivity index (χ3n) is 4.64. The molecule has 0 bridgehead atoms. The number of unbranched alkanes of at least 4 members (excludes halogenated alkanes) is 5. The highest BCUT2D eigenvalue weighted by Gasteiger charge is 2.08. The minimum Gasteiger partial charge on any atom is -0.0839 e. The largest absolute Gasteiger partial charge is 0.0839 e. The van der Waals surface area contributed by atoms with E-state index in [0.717, 1.165) is 0 Å². The lowest BCUT2D eigenvalue weighted by atomic mass is 9.89. The fourth-order valence-corrected chi connectivity index (χ4v) is 3.18. The minimum absolute atomic E-state index is 0. The van der Waals surface area contributed by atoms with Crippen molar-refractivity contribution in [2.75, 3.05) is 0 Å². The van der Waals surface area contributed by atoms with Crippen molar-refractivity contribution in [3.8, 4) is 11.1 Å². The molecular formula is C25H36. The molecule has 0 unspecified atom stereocenters. The zero-order valence-corrected chi connectivity index (χ0v) is 16.3. The van der Waals surface area contributed by atoms with Crippen molar-refractivity contribution < 1.29 is 1.43 Å². The molecule has 0 aromatic heterocycles. The number of rotatable bonds is 9. The molecule has 0 spiro atoms. The van der Waals surface area contributed by atoms with Gasteiger partial charge in [0.2, 0.25) is 0 Å². The van der Waals surface area contributed by atoms with Gasteiger partial charge in [0, 0.05) is 1.43 Å². The second-order valence-electron chi connectivity index (χ2n) is 8.22. The first kappa shape index (κ1) is 19.5. The second kappa shape index (κ2) is 10.2. The zero-order chi connectivity index (χ0) is 18.0. The number of hydrogen-bond acceptors (Lipinski definition) is 0. The van der Waals surface area contributed by atoms with Gasteiger partial charge in [-0.1, -0.05) is 113 Å². The molecule has 136 valence electrons. The minimum atomic E-state index is 0. The topological polar surface area (TPSA) is 0 Å². The summed E-state index contributed by atoms with van der Waals surface area (Å²) in [5.74, 6) is 0. The first-order valence-electron chi connectivity index (χ1n) is 9.87. The smallest absolute Gasteiger partial charge is 0 e. The first-order chi connectivity index (χ1) is 12.1. The molecular weight excluding hydrogens is 300 g/mol. The van der Waals surface area contributed by atoms with Gasteiger partial charge in [0.1, 0.15) is 0 Å². The molecule has 0 radical (unpaired) electrons. The van der Waals surface area contributed by atoms with Crippen LogP contribution in [0.1, 0.15) is 72.7 Å². The molecule has 0 aliphatic rings. The molecule has 2 rings (SSSR count). The number of benzene rings is 2. The van der Waals surface area contributed by atoms with Crippen LogP contribution in [-0.4, -0.2) is 0 Å². The summed E-state index contributed by atoms with van der Waals surface area (Å²) < 4.78 is 0. The van der Waals surface area contributed by atoms with Crippen LogP contribution in [0.2, 0.25) is 0 Å². The van der Waals surface area contributed by atoms with E-state index in [-0.39, 0.29) is 1.43 Å². The molecule has 0 saturated heterocycles. The lowest BCUT2D eigenvalue weighted by Gasteiger charge is -2.17. The van der Waals surface area contributed by atoms with E-state index in [1.807, 2.05) is 0 Å². The van der Waals surface area contributed by atoms with Crippen molar-refractivity contribution in [1.82, 2.24) is 0 Å². The quantitative estimate of drug-likeness (QED) is 0.403. The van der Waals surface area contributed by atoms with E-state index in [2.05, 4.69) is 87.5 Å². The Morgan fingerprint density at radius 2 is 1.40 bits per heavy atom. The van der Waals surface area contributed by atoms with Crippen LogP contribution in [0.5, 0.6) is 0 Å². The highest BCUT2D eigenvalue weighted by atomic mass is 14.1. The summed E-state index contributed by atoms with van der Waals surface area (Å²) >= 11 is 0. The van der Waals surface area contributed by atoms with Crippen LogP contribution in [0.25, 0.3) is 17.2 Å². The summed E-state index contributed by atoms with van der Waals surface area (Å²) in [6.07, 6.45) is 14.0. The average molecular weight is 337 g/mol.